The van der Waals surface area contributed by atoms with Gasteiger partial charge in [0.25, 0.3) is 0 Å². The molecule has 0 fully saturated rings. The van der Waals surface area contributed by atoms with Gasteiger partial charge in [-0.25, -0.2) is 0 Å². The summed E-state index contributed by atoms with van der Waals surface area (Å²) >= 11 is 0. The summed E-state index contributed by atoms with van der Waals surface area (Å²) in [6.45, 7) is 3.26. The molecule has 0 aliphatic rings. The topological polar surface area (TPSA) is 42.7 Å². The molecule has 20 heavy (non-hydrogen) atoms. The standard InChI is InChI=1S/C16H24N4/c1-3-9-17-16(11-15-6-4-5-10-18-15)8-7-14-12-19-20(2)13-14/h4-6,10,12-13,16-17H,3,7-9,11H2,1-2H3. The molecule has 0 aliphatic carbocycles. The molecule has 2 rings (SSSR count). The molecule has 0 amide bonds. The molecule has 1 N–H and O–H groups in total. The number of hydrogen-bond acceptors (Lipinski definition) is 3. The van der Waals surface area contributed by atoms with Crippen molar-refractivity contribution in [3.63, 3.8) is 0 Å². The molecule has 1 unspecified atom stereocenters. The number of rotatable bonds is 8. The average Bonchev–Trinajstić information content (AvgIpc) is 2.88. The van der Waals surface area contributed by atoms with Crippen molar-refractivity contribution in [1.82, 2.24) is 20.1 Å². The fraction of sp³-hybridized carbons (Fsp3) is 0.500. The van der Waals surface area contributed by atoms with Crippen molar-refractivity contribution in [3.05, 3.63) is 48.0 Å². The predicted octanol–water partition coefficient (Wildman–Crippen LogP) is 2.36. The highest BCUT2D eigenvalue weighted by Crippen LogP contribution is 2.08. The highest BCUT2D eigenvalue weighted by molar-refractivity contribution is 5.07. The monoisotopic (exact) mass is 272 g/mol. The Hall–Kier alpha value is -1.68. The van der Waals surface area contributed by atoms with Crippen molar-refractivity contribution in [3.8, 4) is 0 Å². The van der Waals surface area contributed by atoms with Gasteiger partial charge in [-0.05, 0) is 43.5 Å². The molecule has 0 aromatic carbocycles. The first-order valence-corrected chi connectivity index (χ1v) is 7.38. The lowest BCUT2D eigenvalue weighted by molar-refractivity contribution is 0.474. The second-order valence-electron chi connectivity index (χ2n) is 5.24. The van der Waals surface area contributed by atoms with E-state index < -0.39 is 0 Å². The van der Waals surface area contributed by atoms with Crippen LogP contribution in [0.3, 0.4) is 0 Å². The molecule has 2 aromatic rings. The van der Waals surface area contributed by atoms with Crippen LogP contribution in [0.15, 0.2) is 36.8 Å². The third kappa shape index (κ3) is 4.78. The summed E-state index contributed by atoms with van der Waals surface area (Å²) in [6, 6.07) is 6.60. The number of aryl methyl sites for hydroxylation is 2. The molecular formula is C16H24N4. The third-order valence-corrected chi connectivity index (χ3v) is 3.40. The van der Waals surface area contributed by atoms with Gasteiger partial charge in [0.05, 0.1) is 6.20 Å². The van der Waals surface area contributed by atoms with Gasteiger partial charge in [0.15, 0.2) is 0 Å². The van der Waals surface area contributed by atoms with Crippen LogP contribution in [0.2, 0.25) is 0 Å². The highest BCUT2D eigenvalue weighted by atomic mass is 15.2. The largest absolute Gasteiger partial charge is 0.314 e. The van der Waals surface area contributed by atoms with E-state index >= 15 is 0 Å². The van der Waals surface area contributed by atoms with Gasteiger partial charge in [0.1, 0.15) is 0 Å². The summed E-state index contributed by atoms with van der Waals surface area (Å²) in [5.74, 6) is 0. The third-order valence-electron chi connectivity index (χ3n) is 3.40. The minimum Gasteiger partial charge on any atom is -0.314 e. The van der Waals surface area contributed by atoms with E-state index in [0.717, 1.165) is 37.9 Å². The van der Waals surface area contributed by atoms with Gasteiger partial charge in [-0.15, -0.1) is 0 Å². The predicted molar refractivity (Wildman–Crippen MR) is 81.6 cm³/mol. The summed E-state index contributed by atoms with van der Waals surface area (Å²) in [5, 5.41) is 7.85. The summed E-state index contributed by atoms with van der Waals surface area (Å²) in [7, 11) is 1.96. The van der Waals surface area contributed by atoms with Crippen molar-refractivity contribution in [2.45, 2.75) is 38.6 Å². The van der Waals surface area contributed by atoms with Crippen LogP contribution < -0.4 is 5.32 Å². The van der Waals surface area contributed by atoms with Crippen LogP contribution in [-0.4, -0.2) is 27.4 Å². The molecule has 0 radical (unpaired) electrons. The Bertz CT molecular complexity index is 492. The molecule has 4 heteroatoms. The molecule has 0 saturated heterocycles. The van der Waals surface area contributed by atoms with Crippen molar-refractivity contribution in [2.24, 2.45) is 7.05 Å². The van der Waals surface area contributed by atoms with E-state index in [1.807, 2.05) is 30.2 Å². The SMILES string of the molecule is CCCNC(CCc1cnn(C)c1)Cc1ccccn1. The van der Waals surface area contributed by atoms with Crippen molar-refractivity contribution in [2.75, 3.05) is 6.54 Å². The van der Waals surface area contributed by atoms with Crippen molar-refractivity contribution >= 4 is 0 Å². The quantitative estimate of drug-likeness (QED) is 0.802. The molecule has 0 saturated carbocycles. The van der Waals surface area contributed by atoms with Crippen molar-refractivity contribution < 1.29 is 0 Å². The Morgan fingerprint density at radius 2 is 2.25 bits per heavy atom. The second-order valence-corrected chi connectivity index (χ2v) is 5.24. The number of pyridine rings is 1. The van der Waals surface area contributed by atoms with Gasteiger partial charge in [-0.2, -0.15) is 5.10 Å². The zero-order valence-electron chi connectivity index (χ0n) is 12.4. The first kappa shape index (κ1) is 14.7. The fourth-order valence-electron chi connectivity index (χ4n) is 2.34. The van der Waals surface area contributed by atoms with Crippen LogP contribution in [0.1, 0.15) is 31.0 Å². The van der Waals surface area contributed by atoms with Gasteiger partial charge >= 0.3 is 0 Å². The van der Waals surface area contributed by atoms with E-state index in [9.17, 15) is 0 Å². The minimum atomic E-state index is 0.477. The maximum Gasteiger partial charge on any atom is 0.0521 e. The maximum absolute atomic E-state index is 4.43. The Kier molecular flexibility index (Phi) is 5.74. The van der Waals surface area contributed by atoms with Gasteiger partial charge in [0.2, 0.25) is 0 Å². The maximum atomic E-state index is 4.43. The Morgan fingerprint density at radius 3 is 2.90 bits per heavy atom. The number of nitrogens with one attached hydrogen (secondary N) is 1. The lowest BCUT2D eigenvalue weighted by Crippen LogP contribution is -2.32. The van der Waals surface area contributed by atoms with Gasteiger partial charge in [-0.3, -0.25) is 9.67 Å². The van der Waals surface area contributed by atoms with E-state index in [1.165, 1.54) is 5.56 Å². The zero-order valence-corrected chi connectivity index (χ0v) is 12.4. The zero-order chi connectivity index (χ0) is 14.2. The van der Waals surface area contributed by atoms with E-state index in [1.54, 1.807) is 0 Å². The molecule has 4 nitrogen and oxygen atoms in total. The molecule has 0 aliphatic heterocycles. The molecule has 108 valence electrons. The average molecular weight is 272 g/mol. The molecule has 2 heterocycles. The Balaban J connectivity index is 1.89. The summed E-state index contributed by atoms with van der Waals surface area (Å²) in [4.78, 5) is 4.43. The molecule has 1 atom stereocenters. The van der Waals surface area contributed by atoms with Crippen LogP contribution in [0.4, 0.5) is 0 Å². The van der Waals surface area contributed by atoms with E-state index in [-0.39, 0.29) is 0 Å². The van der Waals surface area contributed by atoms with Crippen LogP contribution in [0, 0.1) is 0 Å². The summed E-state index contributed by atoms with van der Waals surface area (Å²) in [6.07, 6.45) is 10.2. The Labute approximate surface area is 121 Å². The summed E-state index contributed by atoms with van der Waals surface area (Å²) in [5.41, 5.74) is 2.46. The second kappa shape index (κ2) is 7.80. The lowest BCUT2D eigenvalue weighted by atomic mass is 10.0. The Morgan fingerprint density at radius 1 is 1.35 bits per heavy atom. The van der Waals surface area contributed by atoms with E-state index in [4.69, 9.17) is 0 Å². The first-order chi connectivity index (χ1) is 9.78. The molecule has 0 spiro atoms. The van der Waals surface area contributed by atoms with Crippen molar-refractivity contribution in [1.29, 1.82) is 0 Å². The number of nitrogens with zero attached hydrogens (tertiary/aromatic N) is 3. The van der Waals surface area contributed by atoms with E-state index in [2.05, 4.69) is 40.7 Å². The first-order valence-electron chi connectivity index (χ1n) is 7.38. The van der Waals surface area contributed by atoms with Gasteiger partial charge in [0, 0.05) is 37.6 Å². The molecular weight excluding hydrogens is 248 g/mol. The number of aromatic nitrogens is 3. The van der Waals surface area contributed by atoms with E-state index in [0.29, 0.717) is 6.04 Å². The normalized spacial score (nSPS) is 12.5. The van der Waals surface area contributed by atoms with Gasteiger partial charge in [-0.1, -0.05) is 13.0 Å². The highest BCUT2D eigenvalue weighted by Gasteiger charge is 2.10. The van der Waals surface area contributed by atoms with Crippen LogP contribution in [0.25, 0.3) is 0 Å². The minimum absolute atomic E-state index is 0.477. The molecule has 0 bridgehead atoms. The lowest BCUT2D eigenvalue weighted by Gasteiger charge is -2.17. The molecule has 2 aromatic heterocycles. The van der Waals surface area contributed by atoms with Gasteiger partial charge < -0.3 is 5.32 Å². The fourth-order valence-corrected chi connectivity index (χ4v) is 2.34. The van der Waals surface area contributed by atoms with Crippen LogP contribution in [0.5, 0.6) is 0 Å². The summed E-state index contributed by atoms with van der Waals surface area (Å²) < 4.78 is 1.86. The number of hydrogen-bond donors (Lipinski definition) is 1. The smallest absolute Gasteiger partial charge is 0.0521 e. The van der Waals surface area contributed by atoms with Crippen LogP contribution >= 0.6 is 0 Å². The van der Waals surface area contributed by atoms with Crippen LogP contribution in [-0.2, 0) is 19.9 Å².